The molecule has 1 atom stereocenters. The van der Waals surface area contributed by atoms with Crippen LogP contribution in [0.3, 0.4) is 0 Å². The van der Waals surface area contributed by atoms with Crippen molar-refractivity contribution in [2.45, 2.75) is 6.10 Å². The van der Waals surface area contributed by atoms with Crippen molar-refractivity contribution >= 4 is 0 Å². The van der Waals surface area contributed by atoms with Crippen LogP contribution in [-0.2, 0) is 4.84 Å². The summed E-state index contributed by atoms with van der Waals surface area (Å²) in [5.41, 5.74) is 3.80. The third kappa shape index (κ3) is 2.31. The Bertz CT molecular complexity index is 543. The van der Waals surface area contributed by atoms with Gasteiger partial charge in [-0.1, -0.05) is 30.3 Å². The summed E-state index contributed by atoms with van der Waals surface area (Å²) in [6.07, 6.45) is 6.34. The molecular formula is C13H11N3O2. The molecule has 0 radical (unpaired) electrons. The first-order chi connectivity index (χ1) is 8.92. The van der Waals surface area contributed by atoms with Crippen LogP contribution in [0.4, 0.5) is 0 Å². The van der Waals surface area contributed by atoms with Crippen molar-refractivity contribution in [2.24, 2.45) is 0 Å². The number of hydrogen-bond acceptors (Lipinski definition) is 5. The van der Waals surface area contributed by atoms with Gasteiger partial charge in [0.15, 0.2) is 5.75 Å². The molecule has 18 heavy (non-hydrogen) atoms. The quantitative estimate of drug-likeness (QED) is 0.890. The smallest absolute Gasteiger partial charge is 0.216 e. The summed E-state index contributed by atoms with van der Waals surface area (Å²) in [6.45, 7) is 0. The van der Waals surface area contributed by atoms with Crippen LogP contribution < -0.4 is 10.2 Å². The van der Waals surface area contributed by atoms with E-state index in [-0.39, 0.29) is 6.10 Å². The zero-order valence-electron chi connectivity index (χ0n) is 9.48. The van der Waals surface area contributed by atoms with Gasteiger partial charge in [0, 0.05) is 6.08 Å². The molecule has 0 saturated carbocycles. The predicted molar refractivity (Wildman–Crippen MR) is 64.1 cm³/mol. The van der Waals surface area contributed by atoms with E-state index in [2.05, 4.69) is 15.4 Å². The van der Waals surface area contributed by atoms with Crippen LogP contribution in [0.1, 0.15) is 11.7 Å². The maximum atomic E-state index is 5.53. The van der Waals surface area contributed by atoms with E-state index in [0.717, 1.165) is 5.56 Å². The molecule has 1 aromatic heterocycles. The minimum absolute atomic E-state index is 0.147. The van der Waals surface area contributed by atoms with Gasteiger partial charge in [0.1, 0.15) is 12.4 Å². The molecule has 1 aliphatic rings. The van der Waals surface area contributed by atoms with Crippen LogP contribution in [0.25, 0.3) is 0 Å². The van der Waals surface area contributed by atoms with Gasteiger partial charge in [-0.2, -0.15) is 0 Å². The molecule has 0 fully saturated rings. The molecule has 1 unspecified atom stereocenters. The summed E-state index contributed by atoms with van der Waals surface area (Å²) in [6, 6.07) is 9.90. The minimum Gasteiger partial charge on any atom is -0.436 e. The first-order valence-corrected chi connectivity index (χ1v) is 5.53. The summed E-state index contributed by atoms with van der Waals surface area (Å²) >= 11 is 0. The fraction of sp³-hybridized carbons (Fsp3) is 0.0769. The Labute approximate surface area is 104 Å². The van der Waals surface area contributed by atoms with Crippen molar-refractivity contribution in [1.29, 1.82) is 0 Å². The Kier molecular flexibility index (Phi) is 2.89. The van der Waals surface area contributed by atoms with Gasteiger partial charge in [0.2, 0.25) is 5.88 Å². The van der Waals surface area contributed by atoms with Gasteiger partial charge >= 0.3 is 0 Å². The Morgan fingerprint density at radius 1 is 1.11 bits per heavy atom. The summed E-state index contributed by atoms with van der Waals surface area (Å²) in [7, 11) is 0. The topological polar surface area (TPSA) is 56.3 Å². The molecule has 0 saturated heterocycles. The number of nitrogens with zero attached hydrogens (tertiary/aromatic N) is 2. The van der Waals surface area contributed by atoms with E-state index in [1.54, 1.807) is 12.4 Å². The van der Waals surface area contributed by atoms with E-state index in [0.29, 0.717) is 11.6 Å². The van der Waals surface area contributed by atoms with Crippen LogP contribution >= 0.6 is 0 Å². The molecule has 0 bridgehead atoms. The summed E-state index contributed by atoms with van der Waals surface area (Å²) < 4.78 is 5.53. The van der Waals surface area contributed by atoms with Crippen LogP contribution in [0.15, 0.2) is 61.0 Å². The molecule has 5 heteroatoms. The fourth-order valence-electron chi connectivity index (χ4n) is 1.65. The molecule has 5 nitrogen and oxygen atoms in total. The largest absolute Gasteiger partial charge is 0.436 e. The molecule has 2 heterocycles. The first-order valence-electron chi connectivity index (χ1n) is 5.53. The Balaban J connectivity index is 1.73. The molecule has 1 N–H and O–H groups in total. The lowest BCUT2D eigenvalue weighted by Crippen LogP contribution is -2.12. The second-order valence-electron chi connectivity index (χ2n) is 3.76. The Morgan fingerprint density at radius 2 is 1.89 bits per heavy atom. The summed E-state index contributed by atoms with van der Waals surface area (Å²) in [4.78, 5) is 13.2. The molecular weight excluding hydrogens is 230 g/mol. The molecule has 90 valence electrons. The van der Waals surface area contributed by atoms with Gasteiger partial charge in [-0.15, -0.1) is 0 Å². The lowest BCUT2D eigenvalue weighted by atomic mass is 10.1. The van der Waals surface area contributed by atoms with Crippen molar-refractivity contribution in [3.63, 3.8) is 0 Å². The van der Waals surface area contributed by atoms with Gasteiger partial charge in [0.25, 0.3) is 0 Å². The van der Waals surface area contributed by atoms with Crippen molar-refractivity contribution in [1.82, 2.24) is 15.4 Å². The molecule has 0 spiro atoms. The third-order valence-electron chi connectivity index (χ3n) is 2.48. The van der Waals surface area contributed by atoms with Gasteiger partial charge in [-0.25, -0.2) is 15.4 Å². The third-order valence-corrected chi connectivity index (χ3v) is 2.48. The van der Waals surface area contributed by atoms with Crippen LogP contribution in [-0.4, -0.2) is 9.97 Å². The van der Waals surface area contributed by atoms with E-state index < -0.39 is 0 Å². The zero-order chi connectivity index (χ0) is 12.2. The van der Waals surface area contributed by atoms with E-state index in [1.165, 1.54) is 6.33 Å². The molecule has 0 amide bonds. The van der Waals surface area contributed by atoms with Crippen LogP contribution in [0.5, 0.6) is 5.75 Å². The number of hydrogen-bond donors (Lipinski definition) is 1. The normalized spacial score (nSPS) is 18.0. The predicted octanol–water partition coefficient (Wildman–Crippen LogP) is 1.97. The Morgan fingerprint density at radius 3 is 2.67 bits per heavy atom. The van der Waals surface area contributed by atoms with Crippen molar-refractivity contribution in [3.8, 4) is 5.75 Å². The second-order valence-corrected chi connectivity index (χ2v) is 3.76. The van der Waals surface area contributed by atoms with Gasteiger partial charge < -0.3 is 4.74 Å². The monoisotopic (exact) mass is 241 g/mol. The first kappa shape index (κ1) is 10.7. The SMILES string of the molecule is C1=C(Oc2cncnc2)NOC1c1ccccc1. The lowest BCUT2D eigenvalue weighted by Gasteiger charge is -2.06. The van der Waals surface area contributed by atoms with E-state index in [4.69, 9.17) is 9.57 Å². The van der Waals surface area contributed by atoms with Crippen LogP contribution in [0.2, 0.25) is 0 Å². The molecule has 2 aromatic rings. The maximum Gasteiger partial charge on any atom is 0.216 e. The number of ether oxygens (including phenoxy) is 1. The average molecular weight is 241 g/mol. The molecule has 1 aliphatic heterocycles. The fourth-order valence-corrected chi connectivity index (χ4v) is 1.65. The Hall–Kier alpha value is -2.40. The highest BCUT2D eigenvalue weighted by Gasteiger charge is 2.19. The van der Waals surface area contributed by atoms with Gasteiger partial charge in [-0.05, 0) is 5.56 Å². The van der Waals surface area contributed by atoms with Gasteiger partial charge in [-0.3, -0.25) is 4.84 Å². The molecule has 1 aromatic carbocycles. The van der Waals surface area contributed by atoms with Gasteiger partial charge in [0.05, 0.1) is 12.4 Å². The highest BCUT2D eigenvalue weighted by atomic mass is 16.7. The summed E-state index contributed by atoms with van der Waals surface area (Å²) in [5.74, 6) is 1.10. The standard InChI is InChI=1S/C13H11N3O2/c1-2-4-10(5-3-1)12-6-13(16-18-12)17-11-7-14-9-15-8-11/h1-9,12,16H. The number of aromatic nitrogens is 2. The highest BCUT2D eigenvalue weighted by molar-refractivity contribution is 5.24. The number of nitrogens with one attached hydrogen (secondary N) is 1. The highest BCUT2D eigenvalue weighted by Crippen LogP contribution is 2.24. The minimum atomic E-state index is -0.147. The average Bonchev–Trinajstić information content (AvgIpc) is 2.89. The number of hydroxylamine groups is 1. The van der Waals surface area contributed by atoms with Crippen molar-refractivity contribution in [3.05, 3.63) is 66.6 Å². The number of rotatable bonds is 3. The lowest BCUT2D eigenvalue weighted by molar-refractivity contribution is 0.0273. The zero-order valence-corrected chi connectivity index (χ0v) is 9.48. The van der Waals surface area contributed by atoms with Crippen molar-refractivity contribution < 1.29 is 9.57 Å². The second kappa shape index (κ2) is 4.85. The number of benzene rings is 1. The van der Waals surface area contributed by atoms with E-state index in [1.807, 2.05) is 36.4 Å². The maximum absolute atomic E-state index is 5.53. The summed E-state index contributed by atoms with van der Waals surface area (Å²) in [5, 5.41) is 0. The molecule has 3 rings (SSSR count). The molecule has 0 aliphatic carbocycles. The van der Waals surface area contributed by atoms with Crippen LogP contribution in [0, 0.1) is 0 Å². The van der Waals surface area contributed by atoms with E-state index >= 15 is 0 Å². The van der Waals surface area contributed by atoms with E-state index in [9.17, 15) is 0 Å². The van der Waals surface area contributed by atoms with Crippen molar-refractivity contribution in [2.75, 3.05) is 0 Å².